The molecule has 4 nitrogen and oxygen atoms in total. The average Bonchev–Trinajstić information content (AvgIpc) is 2.25. The molecule has 0 fully saturated rings. The highest BCUT2D eigenvalue weighted by Gasteiger charge is 2.14. The van der Waals surface area contributed by atoms with E-state index in [1.54, 1.807) is 0 Å². The van der Waals surface area contributed by atoms with Crippen molar-refractivity contribution in [1.29, 1.82) is 0 Å². The van der Waals surface area contributed by atoms with Crippen molar-refractivity contribution >= 4 is 27.9 Å². The van der Waals surface area contributed by atoms with Gasteiger partial charge in [0.1, 0.15) is 12.7 Å². The van der Waals surface area contributed by atoms with Gasteiger partial charge < -0.3 is 9.47 Å². The predicted octanol–water partition coefficient (Wildman–Crippen LogP) is 2.44. The first kappa shape index (κ1) is 15.4. The average molecular weight is 295 g/mol. The molecule has 0 amide bonds. The largest absolute Gasteiger partial charge is 0.462 e. The monoisotopic (exact) mass is 294 g/mol. The van der Waals surface area contributed by atoms with E-state index >= 15 is 0 Å². The summed E-state index contributed by atoms with van der Waals surface area (Å²) in [6, 6.07) is 0. The second-order valence-electron chi connectivity index (χ2n) is 3.45. The molecule has 0 N–H and O–H groups in total. The van der Waals surface area contributed by atoms with Crippen LogP contribution in [0.25, 0.3) is 0 Å². The van der Waals surface area contributed by atoms with Gasteiger partial charge in [0, 0.05) is 18.2 Å². The van der Waals surface area contributed by atoms with E-state index in [4.69, 9.17) is 9.47 Å². The van der Waals surface area contributed by atoms with Crippen molar-refractivity contribution in [2.24, 2.45) is 0 Å². The Morgan fingerprint density at radius 3 is 2.19 bits per heavy atom. The SMILES string of the molecule is CCCC(=O)OC[C@H](CBr)OC(=O)CCC. The van der Waals surface area contributed by atoms with Crippen LogP contribution in [0.15, 0.2) is 0 Å². The lowest BCUT2D eigenvalue weighted by molar-refractivity contribution is -0.157. The van der Waals surface area contributed by atoms with Gasteiger partial charge in [0.25, 0.3) is 0 Å². The van der Waals surface area contributed by atoms with Crippen LogP contribution in [0.1, 0.15) is 39.5 Å². The second kappa shape index (κ2) is 9.63. The van der Waals surface area contributed by atoms with Crippen molar-refractivity contribution in [2.45, 2.75) is 45.6 Å². The number of halogens is 1. The van der Waals surface area contributed by atoms with Crippen LogP contribution in [0.2, 0.25) is 0 Å². The van der Waals surface area contributed by atoms with E-state index in [-0.39, 0.29) is 24.6 Å². The molecule has 0 radical (unpaired) electrons. The standard InChI is InChI=1S/C11H19BrO4/c1-3-5-10(13)15-8-9(7-12)16-11(14)6-4-2/h9H,3-8H2,1-2H3/t9-/m0/s1. The fourth-order valence-electron chi connectivity index (χ4n) is 1.02. The lowest BCUT2D eigenvalue weighted by atomic mass is 10.3. The molecule has 0 saturated carbocycles. The fourth-order valence-corrected chi connectivity index (χ4v) is 1.34. The smallest absolute Gasteiger partial charge is 0.306 e. The highest BCUT2D eigenvalue weighted by Crippen LogP contribution is 2.03. The number of carbonyl (C=O) groups is 2. The van der Waals surface area contributed by atoms with Crippen LogP contribution < -0.4 is 0 Å². The zero-order chi connectivity index (χ0) is 12.4. The molecule has 94 valence electrons. The summed E-state index contributed by atoms with van der Waals surface area (Å²) >= 11 is 3.22. The number of hydrogen-bond donors (Lipinski definition) is 0. The third kappa shape index (κ3) is 7.68. The van der Waals surface area contributed by atoms with E-state index in [1.807, 2.05) is 13.8 Å². The lowest BCUT2D eigenvalue weighted by Gasteiger charge is -2.15. The maximum Gasteiger partial charge on any atom is 0.306 e. The topological polar surface area (TPSA) is 52.6 Å². The summed E-state index contributed by atoms with van der Waals surface area (Å²) in [4.78, 5) is 22.3. The molecule has 5 heteroatoms. The summed E-state index contributed by atoms with van der Waals surface area (Å²) in [5.74, 6) is -0.501. The van der Waals surface area contributed by atoms with Gasteiger partial charge in [0.05, 0.1) is 0 Å². The Balaban J connectivity index is 3.82. The molecule has 16 heavy (non-hydrogen) atoms. The Hall–Kier alpha value is -0.580. The third-order valence-corrected chi connectivity index (χ3v) is 2.53. The minimum Gasteiger partial charge on any atom is -0.462 e. The van der Waals surface area contributed by atoms with Crippen LogP contribution in [0.3, 0.4) is 0 Å². The third-order valence-electron chi connectivity index (χ3n) is 1.81. The molecular formula is C11H19BrO4. The first-order valence-electron chi connectivity index (χ1n) is 5.55. The second-order valence-corrected chi connectivity index (χ2v) is 4.10. The number of esters is 2. The Bertz CT molecular complexity index is 218. The van der Waals surface area contributed by atoms with Crippen LogP contribution in [0.5, 0.6) is 0 Å². The van der Waals surface area contributed by atoms with Gasteiger partial charge in [-0.2, -0.15) is 0 Å². The van der Waals surface area contributed by atoms with Crippen molar-refractivity contribution in [3.8, 4) is 0 Å². The minimum absolute atomic E-state index is 0.125. The molecule has 0 unspecified atom stereocenters. The van der Waals surface area contributed by atoms with Gasteiger partial charge >= 0.3 is 11.9 Å². The van der Waals surface area contributed by atoms with Crippen molar-refractivity contribution < 1.29 is 19.1 Å². The van der Waals surface area contributed by atoms with Gasteiger partial charge in [-0.3, -0.25) is 9.59 Å². The van der Waals surface area contributed by atoms with Crippen LogP contribution in [0, 0.1) is 0 Å². The molecule has 0 heterocycles. The summed E-state index contributed by atoms with van der Waals surface area (Å²) in [6.07, 6.45) is 1.92. The van der Waals surface area contributed by atoms with Gasteiger partial charge in [-0.1, -0.05) is 29.8 Å². The molecule has 0 spiro atoms. The highest BCUT2D eigenvalue weighted by molar-refractivity contribution is 9.09. The normalized spacial score (nSPS) is 11.9. The van der Waals surface area contributed by atoms with E-state index in [2.05, 4.69) is 15.9 Å². The number of ether oxygens (including phenoxy) is 2. The Kier molecular flexibility index (Phi) is 9.28. The Morgan fingerprint density at radius 1 is 1.12 bits per heavy atom. The van der Waals surface area contributed by atoms with Crippen LogP contribution >= 0.6 is 15.9 Å². The van der Waals surface area contributed by atoms with E-state index in [1.165, 1.54) is 0 Å². The zero-order valence-electron chi connectivity index (χ0n) is 9.83. The Labute approximate surface area is 105 Å². The van der Waals surface area contributed by atoms with E-state index in [9.17, 15) is 9.59 Å². The first-order chi connectivity index (χ1) is 7.63. The van der Waals surface area contributed by atoms with Crippen LogP contribution in [-0.4, -0.2) is 30.0 Å². The van der Waals surface area contributed by atoms with E-state index in [0.717, 1.165) is 12.8 Å². The number of hydrogen-bond acceptors (Lipinski definition) is 4. The molecule has 0 aliphatic heterocycles. The first-order valence-corrected chi connectivity index (χ1v) is 6.67. The molecule has 0 aliphatic carbocycles. The van der Waals surface area contributed by atoms with Gasteiger partial charge in [0.2, 0.25) is 0 Å². The molecule has 0 aromatic rings. The molecule has 0 rings (SSSR count). The quantitative estimate of drug-likeness (QED) is 0.510. The van der Waals surface area contributed by atoms with E-state index in [0.29, 0.717) is 18.2 Å². The lowest BCUT2D eigenvalue weighted by Crippen LogP contribution is -2.26. The number of carbonyl (C=O) groups excluding carboxylic acids is 2. The molecule has 0 bridgehead atoms. The molecule has 0 aromatic heterocycles. The highest BCUT2D eigenvalue weighted by atomic mass is 79.9. The molecule has 0 aromatic carbocycles. The van der Waals surface area contributed by atoms with Crippen LogP contribution in [-0.2, 0) is 19.1 Å². The van der Waals surface area contributed by atoms with E-state index < -0.39 is 0 Å². The van der Waals surface area contributed by atoms with Crippen molar-refractivity contribution in [2.75, 3.05) is 11.9 Å². The Morgan fingerprint density at radius 2 is 1.69 bits per heavy atom. The molecule has 0 aliphatic rings. The van der Waals surface area contributed by atoms with Gasteiger partial charge in [-0.05, 0) is 12.8 Å². The molecular weight excluding hydrogens is 276 g/mol. The summed E-state index contributed by atoms with van der Waals surface area (Å²) in [5.41, 5.74) is 0. The summed E-state index contributed by atoms with van der Waals surface area (Å²) < 4.78 is 10.1. The number of alkyl halides is 1. The fraction of sp³-hybridized carbons (Fsp3) is 0.818. The van der Waals surface area contributed by atoms with Gasteiger partial charge in [-0.15, -0.1) is 0 Å². The van der Waals surface area contributed by atoms with Crippen molar-refractivity contribution in [1.82, 2.24) is 0 Å². The number of rotatable bonds is 8. The predicted molar refractivity (Wildman–Crippen MR) is 64.4 cm³/mol. The van der Waals surface area contributed by atoms with Crippen molar-refractivity contribution in [3.63, 3.8) is 0 Å². The van der Waals surface area contributed by atoms with Crippen molar-refractivity contribution in [3.05, 3.63) is 0 Å². The van der Waals surface area contributed by atoms with Gasteiger partial charge in [-0.25, -0.2) is 0 Å². The summed E-state index contributed by atoms with van der Waals surface area (Å²) in [5, 5.41) is 0.474. The summed E-state index contributed by atoms with van der Waals surface area (Å²) in [7, 11) is 0. The van der Waals surface area contributed by atoms with Crippen LogP contribution in [0.4, 0.5) is 0 Å². The zero-order valence-corrected chi connectivity index (χ0v) is 11.4. The maximum atomic E-state index is 11.2. The summed E-state index contributed by atoms with van der Waals surface area (Å²) in [6.45, 7) is 3.94. The van der Waals surface area contributed by atoms with Gasteiger partial charge in [0.15, 0.2) is 0 Å². The molecule has 1 atom stereocenters. The minimum atomic E-state index is -0.389. The molecule has 0 saturated heterocycles. The maximum absolute atomic E-state index is 11.2.